The third-order valence-corrected chi connectivity index (χ3v) is 2.67. The second-order valence-electron chi connectivity index (χ2n) is 3.76. The Labute approximate surface area is 120 Å². The van der Waals surface area contributed by atoms with Crippen molar-refractivity contribution in [2.75, 3.05) is 19.5 Å². The van der Waals surface area contributed by atoms with E-state index in [1.165, 1.54) is 26.5 Å². The third-order valence-electron chi connectivity index (χ3n) is 2.46. The second kappa shape index (κ2) is 6.21. The lowest BCUT2D eigenvalue weighted by molar-refractivity contribution is 0.102. The minimum Gasteiger partial charge on any atom is -0.497 e. The number of carbonyl (C=O) groups excluding carboxylic acids is 1. The van der Waals surface area contributed by atoms with Crippen LogP contribution in [0.25, 0.3) is 0 Å². The number of methoxy groups -OCH3 is 2. The highest BCUT2D eigenvalue weighted by Crippen LogP contribution is 2.23. The molecule has 0 saturated heterocycles. The number of aromatic nitrogens is 2. The van der Waals surface area contributed by atoms with Gasteiger partial charge in [0.25, 0.3) is 5.91 Å². The molecular weight excluding hydrogens is 282 g/mol. The fraction of sp³-hybridized carbons (Fsp3) is 0.154. The highest BCUT2D eigenvalue weighted by atomic mass is 35.5. The molecule has 0 saturated carbocycles. The summed E-state index contributed by atoms with van der Waals surface area (Å²) in [5.41, 5.74) is 0.366. The molecule has 0 aliphatic carbocycles. The monoisotopic (exact) mass is 293 g/mol. The van der Waals surface area contributed by atoms with Gasteiger partial charge in [-0.25, -0.2) is 9.97 Å². The van der Waals surface area contributed by atoms with E-state index in [0.29, 0.717) is 17.1 Å². The molecule has 104 valence electrons. The molecule has 0 bridgehead atoms. The minimum absolute atomic E-state index is 0.129. The Kier molecular flexibility index (Phi) is 4.37. The van der Waals surface area contributed by atoms with E-state index in [2.05, 4.69) is 15.3 Å². The first kappa shape index (κ1) is 14.1. The smallest absolute Gasteiger partial charge is 0.258 e. The van der Waals surface area contributed by atoms with Gasteiger partial charge in [0.05, 0.1) is 14.2 Å². The van der Waals surface area contributed by atoms with Crippen molar-refractivity contribution in [2.24, 2.45) is 0 Å². The van der Waals surface area contributed by atoms with Crippen molar-refractivity contribution in [1.82, 2.24) is 9.97 Å². The molecule has 0 aliphatic rings. The Bertz CT molecular complexity index is 612. The third kappa shape index (κ3) is 3.36. The van der Waals surface area contributed by atoms with Gasteiger partial charge in [-0.2, -0.15) is 0 Å². The number of hydrogen-bond acceptors (Lipinski definition) is 5. The Hall–Kier alpha value is -2.34. The number of halogens is 1. The molecule has 1 aromatic heterocycles. The van der Waals surface area contributed by atoms with Gasteiger partial charge in [-0.15, -0.1) is 0 Å². The van der Waals surface area contributed by atoms with Crippen LogP contribution in [0.5, 0.6) is 11.5 Å². The van der Waals surface area contributed by atoms with Crippen LogP contribution in [-0.4, -0.2) is 30.1 Å². The average molecular weight is 294 g/mol. The number of benzene rings is 1. The number of hydrogen-bond donors (Lipinski definition) is 1. The zero-order chi connectivity index (χ0) is 14.5. The summed E-state index contributed by atoms with van der Waals surface area (Å²) in [6, 6.07) is 6.36. The Morgan fingerprint density at radius 1 is 1.20 bits per heavy atom. The number of anilines is 1. The van der Waals surface area contributed by atoms with E-state index in [9.17, 15) is 4.79 Å². The predicted molar refractivity (Wildman–Crippen MR) is 74.5 cm³/mol. The summed E-state index contributed by atoms with van der Waals surface area (Å²) in [6.45, 7) is 0. The number of rotatable bonds is 4. The van der Waals surface area contributed by atoms with Gasteiger partial charge in [-0.1, -0.05) is 11.6 Å². The summed E-state index contributed by atoms with van der Waals surface area (Å²) in [4.78, 5) is 19.9. The lowest BCUT2D eigenvalue weighted by Crippen LogP contribution is -2.14. The van der Waals surface area contributed by atoms with Crippen molar-refractivity contribution in [2.45, 2.75) is 0 Å². The highest BCUT2D eigenvalue weighted by molar-refractivity contribution is 6.29. The van der Waals surface area contributed by atoms with Crippen LogP contribution >= 0.6 is 11.6 Å². The summed E-state index contributed by atoms with van der Waals surface area (Å²) in [5.74, 6) is 0.775. The van der Waals surface area contributed by atoms with Gasteiger partial charge in [0.15, 0.2) is 0 Å². The normalized spacial score (nSPS) is 9.95. The van der Waals surface area contributed by atoms with E-state index in [1.54, 1.807) is 18.2 Å². The molecular formula is C13H12ClN3O3. The van der Waals surface area contributed by atoms with Crippen LogP contribution in [0.4, 0.5) is 5.95 Å². The topological polar surface area (TPSA) is 73.3 Å². The molecule has 0 spiro atoms. The summed E-state index contributed by atoms with van der Waals surface area (Å²) in [5, 5.41) is 2.79. The fourth-order valence-electron chi connectivity index (χ4n) is 1.51. The molecule has 0 unspecified atom stereocenters. The number of amides is 1. The molecule has 1 N–H and O–H groups in total. The quantitative estimate of drug-likeness (QED) is 0.876. The molecule has 20 heavy (non-hydrogen) atoms. The standard InChI is InChI=1S/C13H12ClN3O3/c1-19-9-5-8(6-10(7-9)20-2)12(18)17-13-15-4-3-11(14)16-13/h3-7H,1-2H3,(H,15,16,17,18). The van der Waals surface area contributed by atoms with E-state index in [0.717, 1.165) is 0 Å². The first-order valence-electron chi connectivity index (χ1n) is 5.65. The van der Waals surface area contributed by atoms with Crippen molar-refractivity contribution in [3.63, 3.8) is 0 Å². The van der Waals surface area contributed by atoms with E-state index >= 15 is 0 Å². The van der Waals surface area contributed by atoms with Gasteiger partial charge in [-0.05, 0) is 18.2 Å². The van der Waals surface area contributed by atoms with Crippen molar-refractivity contribution in [3.8, 4) is 11.5 Å². The van der Waals surface area contributed by atoms with Crippen molar-refractivity contribution >= 4 is 23.5 Å². The minimum atomic E-state index is -0.385. The van der Waals surface area contributed by atoms with Crippen LogP contribution in [0.15, 0.2) is 30.5 Å². The van der Waals surface area contributed by atoms with Gasteiger partial charge in [0.2, 0.25) is 5.95 Å². The number of ether oxygens (including phenoxy) is 2. The van der Waals surface area contributed by atoms with Crippen LogP contribution in [0.2, 0.25) is 5.15 Å². The largest absolute Gasteiger partial charge is 0.497 e. The fourth-order valence-corrected chi connectivity index (χ4v) is 1.65. The van der Waals surface area contributed by atoms with E-state index in [-0.39, 0.29) is 17.0 Å². The Balaban J connectivity index is 2.24. The van der Waals surface area contributed by atoms with Crippen LogP contribution in [0, 0.1) is 0 Å². The first-order valence-corrected chi connectivity index (χ1v) is 6.03. The van der Waals surface area contributed by atoms with Gasteiger partial charge in [0.1, 0.15) is 16.7 Å². The maximum absolute atomic E-state index is 12.1. The van der Waals surface area contributed by atoms with E-state index in [4.69, 9.17) is 21.1 Å². The maximum atomic E-state index is 12.1. The SMILES string of the molecule is COc1cc(OC)cc(C(=O)Nc2nccc(Cl)n2)c1. The number of nitrogens with zero attached hydrogens (tertiary/aromatic N) is 2. The number of nitrogens with one attached hydrogen (secondary N) is 1. The Morgan fingerprint density at radius 2 is 1.85 bits per heavy atom. The molecule has 0 radical (unpaired) electrons. The predicted octanol–water partition coefficient (Wildman–Crippen LogP) is 2.40. The first-order chi connectivity index (χ1) is 9.62. The maximum Gasteiger partial charge on any atom is 0.258 e. The van der Waals surface area contributed by atoms with Crippen molar-refractivity contribution in [1.29, 1.82) is 0 Å². The van der Waals surface area contributed by atoms with Crippen molar-refractivity contribution < 1.29 is 14.3 Å². The molecule has 1 aromatic carbocycles. The van der Waals surface area contributed by atoms with E-state index < -0.39 is 0 Å². The van der Waals surface area contributed by atoms with Gasteiger partial charge >= 0.3 is 0 Å². The molecule has 1 heterocycles. The molecule has 0 aliphatic heterocycles. The zero-order valence-corrected chi connectivity index (χ0v) is 11.6. The number of carbonyl (C=O) groups is 1. The van der Waals surface area contributed by atoms with E-state index in [1.807, 2.05) is 0 Å². The molecule has 7 heteroatoms. The van der Waals surface area contributed by atoms with Gasteiger partial charge < -0.3 is 9.47 Å². The van der Waals surface area contributed by atoms with Crippen LogP contribution in [0.3, 0.4) is 0 Å². The summed E-state index contributed by atoms with van der Waals surface area (Å²) >= 11 is 5.73. The molecule has 1 amide bonds. The lowest BCUT2D eigenvalue weighted by atomic mass is 10.2. The average Bonchev–Trinajstić information content (AvgIpc) is 2.46. The molecule has 2 aromatic rings. The second-order valence-corrected chi connectivity index (χ2v) is 4.15. The summed E-state index contributed by atoms with van der Waals surface area (Å²) in [7, 11) is 3.02. The molecule has 0 fully saturated rings. The lowest BCUT2D eigenvalue weighted by Gasteiger charge is -2.08. The van der Waals surface area contributed by atoms with Crippen molar-refractivity contribution in [3.05, 3.63) is 41.2 Å². The zero-order valence-electron chi connectivity index (χ0n) is 10.9. The van der Waals surface area contributed by atoms with Crippen LogP contribution < -0.4 is 14.8 Å². The molecule has 0 atom stereocenters. The van der Waals surface area contributed by atoms with Crippen LogP contribution in [-0.2, 0) is 0 Å². The molecule has 2 rings (SSSR count). The summed E-state index contributed by atoms with van der Waals surface area (Å²) < 4.78 is 10.2. The summed E-state index contributed by atoms with van der Waals surface area (Å²) in [6.07, 6.45) is 1.46. The van der Waals surface area contributed by atoms with Gasteiger partial charge in [-0.3, -0.25) is 10.1 Å². The highest BCUT2D eigenvalue weighted by Gasteiger charge is 2.11. The van der Waals surface area contributed by atoms with Gasteiger partial charge in [0, 0.05) is 17.8 Å². The molecule has 6 nitrogen and oxygen atoms in total. The van der Waals surface area contributed by atoms with Crippen LogP contribution in [0.1, 0.15) is 10.4 Å². The Morgan fingerprint density at radius 3 is 2.40 bits per heavy atom.